The van der Waals surface area contributed by atoms with Crippen molar-refractivity contribution in [2.45, 2.75) is 6.36 Å². The molecule has 0 spiro atoms. The molecule has 2 rings (SSSR count). The highest BCUT2D eigenvalue weighted by Gasteiger charge is 2.31. The van der Waals surface area contributed by atoms with E-state index in [1.807, 2.05) is 0 Å². The first kappa shape index (κ1) is 12.9. The third-order valence-electron chi connectivity index (χ3n) is 2.18. The van der Waals surface area contributed by atoms with Crippen molar-refractivity contribution in [2.75, 3.05) is 0 Å². The highest BCUT2D eigenvalue weighted by Crippen LogP contribution is 2.32. The number of carbonyl (C=O) groups is 1. The Kier molecular flexibility index (Phi) is 3.16. The Labute approximate surface area is 104 Å². The van der Waals surface area contributed by atoms with Gasteiger partial charge >= 0.3 is 6.36 Å². The van der Waals surface area contributed by atoms with E-state index < -0.39 is 12.1 Å². The van der Waals surface area contributed by atoms with E-state index in [0.29, 0.717) is 6.29 Å². The number of aromatic hydroxyl groups is 1. The second-order valence-corrected chi connectivity index (χ2v) is 3.53. The fraction of sp³-hybridized carbons (Fsp3) is 0.0909. The van der Waals surface area contributed by atoms with E-state index in [-0.39, 0.29) is 22.8 Å². The molecule has 0 amide bonds. The van der Waals surface area contributed by atoms with Crippen LogP contribution in [-0.2, 0) is 0 Å². The number of hydrogen-bond donors (Lipinski definition) is 2. The molecule has 5 nitrogen and oxygen atoms in total. The molecule has 0 aliphatic carbocycles. The molecule has 100 valence electrons. The second kappa shape index (κ2) is 4.63. The molecule has 0 saturated heterocycles. The average molecular weight is 272 g/mol. The van der Waals surface area contributed by atoms with Crippen LogP contribution in [0.1, 0.15) is 10.5 Å². The van der Waals surface area contributed by atoms with E-state index in [4.69, 9.17) is 0 Å². The summed E-state index contributed by atoms with van der Waals surface area (Å²) < 4.78 is 40.0. The predicted molar refractivity (Wildman–Crippen MR) is 57.8 cm³/mol. The predicted octanol–water partition coefficient (Wildman–Crippen LogP) is 2.49. The number of aromatic nitrogens is 2. The van der Waals surface area contributed by atoms with Gasteiger partial charge in [-0.15, -0.1) is 13.2 Å². The van der Waals surface area contributed by atoms with Crippen LogP contribution in [0, 0.1) is 0 Å². The molecule has 2 aromatic rings. The summed E-state index contributed by atoms with van der Waals surface area (Å²) in [5, 5.41) is 9.58. The lowest BCUT2D eigenvalue weighted by molar-refractivity contribution is -0.274. The molecule has 0 fully saturated rings. The Morgan fingerprint density at radius 2 is 2.11 bits per heavy atom. The van der Waals surface area contributed by atoms with Crippen molar-refractivity contribution < 1.29 is 27.8 Å². The maximum atomic E-state index is 12.1. The highest BCUT2D eigenvalue weighted by atomic mass is 19.4. The number of phenols is 1. The Morgan fingerprint density at radius 1 is 1.37 bits per heavy atom. The third-order valence-corrected chi connectivity index (χ3v) is 2.18. The van der Waals surface area contributed by atoms with Crippen LogP contribution in [0.15, 0.2) is 24.4 Å². The van der Waals surface area contributed by atoms with Crippen LogP contribution in [0.4, 0.5) is 13.2 Å². The number of halogens is 3. The molecule has 0 radical (unpaired) electrons. The number of aldehydes is 1. The summed E-state index contributed by atoms with van der Waals surface area (Å²) >= 11 is 0. The van der Waals surface area contributed by atoms with Gasteiger partial charge in [-0.2, -0.15) is 0 Å². The molecule has 1 aromatic carbocycles. The molecule has 0 saturated carbocycles. The smallest absolute Gasteiger partial charge is 0.507 e. The zero-order chi connectivity index (χ0) is 14.0. The fourth-order valence-corrected chi connectivity index (χ4v) is 1.43. The minimum atomic E-state index is -4.83. The molecular formula is C11H7F3N2O3. The number of imidazole rings is 1. The van der Waals surface area contributed by atoms with Crippen LogP contribution in [0.3, 0.4) is 0 Å². The van der Waals surface area contributed by atoms with Gasteiger partial charge in [-0.25, -0.2) is 4.98 Å². The molecule has 0 aliphatic rings. The molecule has 1 aromatic heterocycles. The number of H-pyrrole nitrogens is 1. The second-order valence-electron chi connectivity index (χ2n) is 3.53. The molecule has 0 unspecified atom stereocenters. The summed E-state index contributed by atoms with van der Waals surface area (Å²) in [4.78, 5) is 16.8. The SMILES string of the molecule is O=Cc1cnc(-c2cc(OC(F)(F)F)ccc2O)[nH]1. The number of nitrogens with zero attached hydrogens (tertiary/aromatic N) is 1. The van der Waals surface area contributed by atoms with E-state index in [9.17, 15) is 23.1 Å². The number of ether oxygens (including phenoxy) is 1. The lowest BCUT2D eigenvalue weighted by Gasteiger charge is -2.10. The number of nitrogens with one attached hydrogen (secondary N) is 1. The zero-order valence-electron chi connectivity index (χ0n) is 9.23. The van der Waals surface area contributed by atoms with Crippen molar-refractivity contribution in [3.05, 3.63) is 30.1 Å². The van der Waals surface area contributed by atoms with Crippen LogP contribution in [-0.4, -0.2) is 27.7 Å². The fourth-order valence-electron chi connectivity index (χ4n) is 1.43. The molecule has 1 heterocycles. The van der Waals surface area contributed by atoms with Crippen molar-refractivity contribution in [1.29, 1.82) is 0 Å². The number of aromatic amines is 1. The largest absolute Gasteiger partial charge is 0.573 e. The first-order valence-electron chi connectivity index (χ1n) is 4.98. The summed E-state index contributed by atoms with van der Waals surface area (Å²) in [5.74, 6) is -0.724. The minimum Gasteiger partial charge on any atom is -0.507 e. The van der Waals surface area contributed by atoms with Crippen LogP contribution < -0.4 is 4.74 Å². The number of hydrogen-bond acceptors (Lipinski definition) is 4. The maximum absolute atomic E-state index is 12.1. The van der Waals surface area contributed by atoms with Crippen LogP contribution >= 0.6 is 0 Å². The normalized spacial score (nSPS) is 11.3. The molecule has 8 heteroatoms. The van der Waals surface area contributed by atoms with E-state index in [2.05, 4.69) is 14.7 Å². The van der Waals surface area contributed by atoms with E-state index in [1.165, 1.54) is 6.20 Å². The molecule has 0 bridgehead atoms. The van der Waals surface area contributed by atoms with Crippen LogP contribution in [0.25, 0.3) is 11.4 Å². The summed E-state index contributed by atoms with van der Waals surface area (Å²) in [6.45, 7) is 0. The number of rotatable bonds is 3. The minimum absolute atomic E-state index is 0.00477. The number of carbonyl (C=O) groups excluding carboxylic acids is 1. The van der Waals surface area contributed by atoms with Crippen LogP contribution in [0.5, 0.6) is 11.5 Å². The Balaban J connectivity index is 2.39. The Hall–Kier alpha value is -2.51. The standard InChI is InChI=1S/C11H7F3N2O3/c12-11(13,14)19-7-1-2-9(18)8(3-7)10-15-4-6(5-17)16-10/h1-5,18H,(H,15,16). The first-order valence-corrected chi connectivity index (χ1v) is 4.98. The van der Waals surface area contributed by atoms with E-state index >= 15 is 0 Å². The summed E-state index contributed by atoms with van der Waals surface area (Å²) in [6, 6.07) is 2.98. The maximum Gasteiger partial charge on any atom is 0.573 e. The van der Waals surface area contributed by atoms with Gasteiger partial charge in [-0.3, -0.25) is 4.79 Å². The van der Waals surface area contributed by atoms with Crippen molar-refractivity contribution in [1.82, 2.24) is 9.97 Å². The summed E-state index contributed by atoms with van der Waals surface area (Å²) in [5.41, 5.74) is 0.131. The van der Waals surface area contributed by atoms with Crippen LogP contribution in [0.2, 0.25) is 0 Å². The highest BCUT2D eigenvalue weighted by molar-refractivity contribution is 5.74. The van der Waals surface area contributed by atoms with Gasteiger partial charge < -0.3 is 14.8 Å². The molecular weight excluding hydrogens is 265 g/mol. The number of alkyl halides is 3. The van der Waals surface area contributed by atoms with Gasteiger partial charge in [-0.05, 0) is 18.2 Å². The average Bonchev–Trinajstić information content (AvgIpc) is 2.78. The van der Waals surface area contributed by atoms with Crippen molar-refractivity contribution in [2.24, 2.45) is 0 Å². The Morgan fingerprint density at radius 3 is 2.68 bits per heavy atom. The van der Waals surface area contributed by atoms with Crippen molar-refractivity contribution >= 4 is 6.29 Å². The molecule has 0 atom stereocenters. The van der Waals surface area contributed by atoms with Gasteiger partial charge in [0, 0.05) is 0 Å². The van der Waals surface area contributed by atoms with Crippen molar-refractivity contribution in [3.63, 3.8) is 0 Å². The van der Waals surface area contributed by atoms with Gasteiger partial charge in [0.25, 0.3) is 0 Å². The van der Waals surface area contributed by atoms with Gasteiger partial charge in [-0.1, -0.05) is 0 Å². The Bertz CT molecular complexity index is 607. The van der Waals surface area contributed by atoms with Gasteiger partial charge in [0.15, 0.2) is 6.29 Å². The van der Waals surface area contributed by atoms with Gasteiger partial charge in [0.05, 0.1) is 17.5 Å². The lowest BCUT2D eigenvalue weighted by Crippen LogP contribution is -2.17. The first-order chi connectivity index (χ1) is 8.89. The number of phenolic OH excluding ortho intramolecular Hbond substituents is 1. The topological polar surface area (TPSA) is 75.2 Å². The molecule has 2 N–H and O–H groups in total. The number of benzene rings is 1. The van der Waals surface area contributed by atoms with E-state index in [0.717, 1.165) is 18.2 Å². The van der Waals surface area contributed by atoms with E-state index in [1.54, 1.807) is 0 Å². The monoisotopic (exact) mass is 272 g/mol. The third kappa shape index (κ3) is 3.03. The summed E-state index contributed by atoms with van der Waals surface area (Å²) in [6.07, 6.45) is -3.14. The summed E-state index contributed by atoms with van der Waals surface area (Å²) in [7, 11) is 0. The van der Waals surface area contributed by atoms with Gasteiger partial charge in [0.2, 0.25) is 0 Å². The lowest BCUT2D eigenvalue weighted by atomic mass is 10.2. The molecule has 19 heavy (non-hydrogen) atoms. The van der Waals surface area contributed by atoms with Crippen molar-refractivity contribution in [3.8, 4) is 22.9 Å². The zero-order valence-corrected chi connectivity index (χ0v) is 9.23. The quantitative estimate of drug-likeness (QED) is 0.842. The molecule has 0 aliphatic heterocycles. The van der Waals surface area contributed by atoms with Gasteiger partial charge in [0.1, 0.15) is 17.3 Å².